The van der Waals surface area contributed by atoms with Crippen molar-refractivity contribution in [1.29, 1.82) is 0 Å². The van der Waals surface area contributed by atoms with Gasteiger partial charge in [0, 0.05) is 39.3 Å². The Balaban J connectivity index is 6.62. The van der Waals surface area contributed by atoms with Gasteiger partial charge in [0.05, 0.1) is 0 Å². The second-order valence-corrected chi connectivity index (χ2v) is 11.8. The van der Waals surface area contributed by atoms with E-state index in [0.29, 0.717) is 0 Å². The van der Waals surface area contributed by atoms with E-state index < -0.39 is 7.51 Å². The van der Waals surface area contributed by atoms with Crippen molar-refractivity contribution >= 4 is 7.51 Å². The summed E-state index contributed by atoms with van der Waals surface area (Å²) in [7, 11) is -2.00. The number of nitrogens with zero attached hydrogens (tertiary/aromatic N) is 4. The number of unbranched alkanes of at least 4 members (excludes halogenated alkanes) is 6. The van der Waals surface area contributed by atoms with Crippen LogP contribution in [0.4, 0.5) is 0 Å². The predicted octanol–water partition coefficient (Wildman–Crippen LogP) is 8.78. The fourth-order valence-electron chi connectivity index (χ4n) is 3.90. The molecule has 0 aliphatic rings. The molecule has 0 saturated heterocycles. The van der Waals surface area contributed by atoms with Crippen LogP contribution in [0, 0.1) is 0 Å². The van der Waals surface area contributed by atoms with Crippen LogP contribution in [0.5, 0.6) is 0 Å². The van der Waals surface area contributed by atoms with Crippen LogP contribution in [-0.4, -0.2) is 53.3 Å². The average molecular weight is 457 g/mol. The van der Waals surface area contributed by atoms with Crippen LogP contribution in [0.25, 0.3) is 0 Å². The third-order valence-electron chi connectivity index (χ3n) is 5.94. The van der Waals surface area contributed by atoms with Crippen LogP contribution in [0.15, 0.2) is 17.5 Å². The summed E-state index contributed by atoms with van der Waals surface area (Å²) in [6.07, 6.45) is 16.9. The van der Waals surface area contributed by atoms with E-state index in [1.807, 2.05) is 0 Å². The third-order valence-corrected chi connectivity index (χ3v) is 9.89. The molecule has 0 fully saturated rings. The zero-order valence-electron chi connectivity index (χ0n) is 22.2. The molecule has 4 nitrogen and oxygen atoms in total. The highest BCUT2D eigenvalue weighted by Gasteiger charge is 2.37. The second kappa shape index (κ2) is 20.3. The van der Waals surface area contributed by atoms with Crippen LogP contribution in [0.1, 0.15) is 119 Å². The molecular weight excluding hydrogens is 399 g/mol. The Labute approximate surface area is 197 Å². The van der Waals surface area contributed by atoms with E-state index in [9.17, 15) is 0 Å². The van der Waals surface area contributed by atoms with Gasteiger partial charge in [-0.15, -0.1) is 0 Å². The minimum Gasteiger partial charge on any atom is -0.322 e. The van der Waals surface area contributed by atoms with Gasteiger partial charge in [-0.3, -0.25) is 4.74 Å². The highest BCUT2D eigenvalue weighted by Crippen LogP contribution is 2.60. The van der Waals surface area contributed by atoms with Gasteiger partial charge >= 0.3 is 0 Å². The average Bonchev–Trinajstić information content (AvgIpc) is 2.79. The molecule has 0 N–H and O–H groups in total. The summed E-state index contributed by atoms with van der Waals surface area (Å²) in [6.45, 7) is 24.9. The Bertz CT molecular complexity index is 426. The van der Waals surface area contributed by atoms with Gasteiger partial charge in [-0.25, -0.2) is 9.34 Å². The maximum absolute atomic E-state index is 5.70. The minimum atomic E-state index is -2.00. The van der Waals surface area contributed by atoms with Crippen molar-refractivity contribution in [1.82, 2.24) is 14.0 Å². The zero-order valence-corrected chi connectivity index (χ0v) is 23.1. The monoisotopic (exact) mass is 456 g/mol. The molecule has 0 amide bonds. The molecule has 186 valence electrons. The normalized spacial score (nSPS) is 12.0. The van der Waals surface area contributed by atoms with Crippen molar-refractivity contribution in [3.63, 3.8) is 0 Å². The van der Waals surface area contributed by atoms with E-state index in [-0.39, 0.29) is 0 Å². The summed E-state index contributed by atoms with van der Waals surface area (Å²) in [5, 5.41) is 0. The molecule has 0 unspecified atom stereocenters. The lowest BCUT2D eigenvalue weighted by molar-refractivity contribution is 0.317. The predicted molar refractivity (Wildman–Crippen MR) is 144 cm³/mol. The van der Waals surface area contributed by atoms with Gasteiger partial charge in [0.2, 0.25) is 0 Å². The standard InChI is InChI=1S/C26H57N4P/c1-8-15-21-27-31(28(14-7)22-16-9-2,29(23-17-10-3)24-18-11-4)30(25-19-12-5)26-20-13-6/h14H,7-13,15-26H2,1-6H3. The molecule has 5 heteroatoms. The van der Waals surface area contributed by atoms with Crippen molar-refractivity contribution in [3.05, 3.63) is 12.8 Å². The lowest BCUT2D eigenvalue weighted by Gasteiger charge is -2.50. The molecule has 0 spiro atoms. The van der Waals surface area contributed by atoms with Gasteiger partial charge in [-0.2, -0.15) is 0 Å². The topological polar surface area (TPSA) is 22.1 Å². The molecule has 0 aromatic rings. The Morgan fingerprint density at radius 3 is 1.26 bits per heavy atom. The molecule has 0 aromatic carbocycles. The minimum absolute atomic E-state index is 0.976. The zero-order chi connectivity index (χ0) is 23.4. The van der Waals surface area contributed by atoms with E-state index in [1.54, 1.807) is 0 Å². The second-order valence-electron chi connectivity index (χ2n) is 8.78. The summed E-state index contributed by atoms with van der Waals surface area (Å²) in [4.78, 5) is 0. The molecule has 0 radical (unpaired) electrons. The quantitative estimate of drug-likeness (QED) is 0.120. The van der Waals surface area contributed by atoms with E-state index in [0.717, 1.165) is 39.3 Å². The van der Waals surface area contributed by atoms with Gasteiger partial charge in [-0.1, -0.05) is 86.6 Å². The first kappa shape index (κ1) is 30.7. The highest BCUT2D eigenvalue weighted by atomic mass is 31.2. The lowest BCUT2D eigenvalue weighted by atomic mass is 10.3. The van der Waals surface area contributed by atoms with Crippen LogP contribution in [0.2, 0.25) is 0 Å². The summed E-state index contributed by atoms with van der Waals surface area (Å²) in [6, 6.07) is 0. The smallest absolute Gasteiger partial charge is 0.192 e. The third kappa shape index (κ3) is 10.9. The summed E-state index contributed by atoms with van der Waals surface area (Å²) in [5.74, 6) is 0. The molecular formula is C26H57N4P. The number of hydrogen-bond acceptors (Lipinski definition) is 1. The van der Waals surface area contributed by atoms with Gasteiger partial charge < -0.3 is 4.67 Å². The van der Waals surface area contributed by atoms with Gasteiger partial charge in [0.1, 0.15) is 0 Å². The first-order chi connectivity index (χ1) is 15.1. The van der Waals surface area contributed by atoms with Crippen LogP contribution >= 0.6 is 7.51 Å². The largest absolute Gasteiger partial charge is 0.322 e. The van der Waals surface area contributed by atoms with Crippen molar-refractivity contribution in [3.8, 4) is 0 Å². The Morgan fingerprint density at radius 1 is 0.581 bits per heavy atom. The molecule has 0 aromatic heterocycles. The lowest BCUT2D eigenvalue weighted by Crippen LogP contribution is -2.41. The molecule has 0 aliphatic carbocycles. The van der Waals surface area contributed by atoms with Crippen LogP contribution in [-0.2, 0) is 0 Å². The van der Waals surface area contributed by atoms with E-state index in [1.165, 1.54) is 77.0 Å². The van der Waals surface area contributed by atoms with Gasteiger partial charge in [-0.05, 0) is 44.7 Å². The molecule has 0 aliphatic heterocycles. The summed E-state index contributed by atoms with van der Waals surface area (Å²) >= 11 is 0. The maximum atomic E-state index is 5.70. The maximum Gasteiger partial charge on any atom is 0.192 e. The van der Waals surface area contributed by atoms with E-state index in [2.05, 4.69) is 68.3 Å². The van der Waals surface area contributed by atoms with Crippen molar-refractivity contribution in [2.45, 2.75) is 119 Å². The number of hydrogen-bond donors (Lipinski definition) is 0. The Morgan fingerprint density at radius 2 is 0.935 bits per heavy atom. The van der Waals surface area contributed by atoms with Crippen molar-refractivity contribution < 1.29 is 0 Å². The fourth-order valence-corrected chi connectivity index (χ4v) is 8.11. The SMILES string of the molecule is C=CN(CCCC)P(=NCCCC)(N(CCCC)CCCC)N(CCCC)CCCC. The van der Waals surface area contributed by atoms with Crippen molar-refractivity contribution in [2.24, 2.45) is 4.74 Å². The molecule has 0 saturated carbocycles. The first-order valence-electron chi connectivity index (χ1n) is 13.6. The molecule has 0 atom stereocenters. The fraction of sp³-hybridized carbons (Fsp3) is 0.923. The van der Waals surface area contributed by atoms with E-state index in [4.69, 9.17) is 4.74 Å². The molecule has 0 rings (SSSR count). The van der Waals surface area contributed by atoms with Gasteiger partial charge in [0.25, 0.3) is 0 Å². The highest BCUT2D eigenvalue weighted by molar-refractivity contribution is 7.59. The number of rotatable bonds is 22. The van der Waals surface area contributed by atoms with Gasteiger partial charge in [0.15, 0.2) is 7.51 Å². The molecule has 0 bridgehead atoms. The Hall–Kier alpha value is -0.310. The molecule has 31 heavy (non-hydrogen) atoms. The summed E-state index contributed by atoms with van der Waals surface area (Å²) < 4.78 is 14.0. The summed E-state index contributed by atoms with van der Waals surface area (Å²) in [5.41, 5.74) is 0. The van der Waals surface area contributed by atoms with Crippen molar-refractivity contribution in [2.75, 3.05) is 39.3 Å². The van der Waals surface area contributed by atoms with Crippen LogP contribution < -0.4 is 0 Å². The first-order valence-corrected chi connectivity index (χ1v) is 15.2. The Kier molecular flexibility index (Phi) is 20.1. The molecule has 0 heterocycles. The van der Waals surface area contributed by atoms with Crippen LogP contribution in [0.3, 0.4) is 0 Å². The van der Waals surface area contributed by atoms with E-state index >= 15 is 0 Å².